The molecule has 2 fully saturated rings. The fraction of sp³-hybridized carbons (Fsp3) is 0.394. The number of anilines is 2. The first-order chi connectivity index (χ1) is 19.4. The molecule has 0 atom stereocenters. The van der Waals surface area contributed by atoms with Gasteiger partial charge < -0.3 is 14.4 Å². The lowest BCUT2D eigenvalue weighted by Gasteiger charge is -2.28. The van der Waals surface area contributed by atoms with Crippen LogP contribution >= 0.6 is 11.8 Å². The number of carbonyl (C=O) groups is 1. The second kappa shape index (κ2) is 12.4. The lowest BCUT2D eigenvalue weighted by Crippen LogP contribution is -2.29. The molecule has 3 aromatic rings. The van der Waals surface area contributed by atoms with Gasteiger partial charge in [-0.15, -0.1) is 0 Å². The Hall–Kier alpha value is -3.45. The molecule has 2 aliphatic heterocycles. The number of benzene rings is 2. The topological polar surface area (TPSA) is 44.1 Å². The Labute approximate surface area is 243 Å². The summed E-state index contributed by atoms with van der Waals surface area (Å²) in [4.78, 5) is 25.5. The molecule has 2 aromatic carbocycles. The van der Waals surface area contributed by atoms with Gasteiger partial charge in [-0.2, -0.15) is 0 Å². The molecule has 210 valence electrons. The summed E-state index contributed by atoms with van der Waals surface area (Å²) in [7, 11) is 0. The van der Waals surface area contributed by atoms with Crippen LogP contribution in [0.3, 0.4) is 0 Å². The van der Waals surface area contributed by atoms with Crippen LogP contribution in [0.2, 0.25) is 0 Å². The summed E-state index contributed by atoms with van der Waals surface area (Å²) in [5, 5.41) is 0.741. The number of aromatic nitrogens is 1. The Morgan fingerprint density at radius 3 is 2.17 bits per heavy atom. The maximum atomic E-state index is 13.4. The third-order valence-electron chi connectivity index (χ3n) is 7.99. The Morgan fingerprint density at radius 1 is 0.900 bits per heavy atom. The highest BCUT2D eigenvalue weighted by Gasteiger charge is 2.32. The molecule has 3 heterocycles. The van der Waals surface area contributed by atoms with E-state index in [9.17, 15) is 4.79 Å². The maximum Gasteiger partial charge on any atom is 0.266 e. The standard InChI is InChI=1S/C33H41N5OS/c1-6-35(7-2)28-16-18-30(19-17-28)38-24(4)22-26(25(38)5)23-31-32(39)37(8-3)33(40-31)34-27-12-14-29(15-13-27)36-20-10-9-11-21-36/h12-19,22-23H,6-11,20-21H2,1-5H3/b31-23-,34-33?. The second-order valence-electron chi connectivity index (χ2n) is 10.5. The van der Waals surface area contributed by atoms with Gasteiger partial charge in [0, 0.05) is 61.2 Å². The predicted molar refractivity (Wildman–Crippen MR) is 171 cm³/mol. The highest BCUT2D eigenvalue weighted by atomic mass is 32.2. The van der Waals surface area contributed by atoms with Crippen LogP contribution in [0.1, 0.15) is 57.0 Å². The van der Waals surface area contributed by atoms with E-state index in [0.717, 1.165) is 59.7 Å². The molecule has 0 bridgehead atoms. The quantitative estimate of drug-likeness (QED) is 0.269. The Bertz CT molecular complexity index is 1390. The molecule has 1 amide bonds. The van der Waals surface area contributed by atoms with E-state index >= 15 is 0 Å². The number of amides is 1. The fourth-order valence-electron chi connectivity index (χ4n) is 5.74. The van der Waals surface area contributed by atoms with Gasteiger partial charge in [-0.3, -0.25) is 9.69 Å². The number of carbonyl (C=O) groups excluding carboxylic acids is 1. The van der Waals surface area contributed by atoms with Crippen molar-refractivity contribution in [1.82, 2.24) is 9.47 Å². The SMILES string of the molecule is CCN1C(=O)/C(=C/c2cc(C)n(-c3ccc(N(CC)CC)cc3)c2C)SC1=Nc1ccc(N2CCCCC2)cc1. The minimum absolute atomic E-state index is 0.0181. The van der Waals surface area contributed by atoms with E-state index in [-0.39, 0.29) is 5.91 Å². The van der Waals surface area contributed by atoms with Crippen molar-refractivity contribution in [3.05, 3.63) is 76.5 Å². The first kappa shape index (κ1) is 28.1. The van der Waals surface area contributed by atoms with Crippen LogP contribution in [0, 0.1) is 13.8 Å². The molecule has 0 aliphatic carbocycles. The number of hydrogen-bond acceptors (Lipinski definition) is 5. The van der Waals surface area contributed by atoms with E-state index in [1.807, 2.05) is 13.0 Å². The molecule has 2 saturated heterocycles. The minimum Gasteiger partial charge on any atom is -0.372 e. The van der Waals surface area contributed by atoms with E-state index in [4.69, 9.17) is 4.99 Å². The van der Waals surface area contributed by atoms with Crippen molar-refractivity contribution in [3.8, 4) is 5.69 Å². The van der Waals surface area contributed by atoms with Gasteiger partial charge in [0.25, 0.3) is 5.91 Å². The van der Waals surface area contributed by atoms with Gasteiger partial charge in [0.2, 0.25) is 0 Å². The van der Waals surface area contributed by atoms with Crippen molar-refractivity contribution in [2.75, 3.05) is 42.5 Å². The van der Waals surface area contributed by atoms with Crippen molar-refractivity contribution in [3.63, 3.8) is 0 Å². The van der Waals surface area contributed by atoms with Crippen LogP contribution in [0.4, 0.5) is 17.1 Å². The monoisotopic (exact) mass is 555 g/mol. The maximum absolute atomic E-state index is 13.4. The Morgan fingerprint density at radius 2 is 1.55 bits per heavy atom. The molecule has 1 aromatic heterocycles. The highest BCUT2D eigenvalue weighted by Crippen LogP contribution is 2.36. The van der Waals surface area contributed by atoms with Crippen LogP contribution in [-0.4, -0.2) is 53.3 Å². The molecular weight excluding hydrogens is 514 g/mol. The number of nitrogens with zero attached hydrogens (tertiary/aromatic N) is 5. The Balaban J connectivity index is 1.38. The lowest BCUT2D eigenvalue weighted by molar-refractivity contribution is -0.122. The zero-order valence-electron chi connectivity index (χ0n) is 24.5. The number of aliphatic imine (C=N–C) groups is 1. The van der Waals surface area contributed by atoms with Gasteiger partial charge in [-0.05, 0) is 132 Å². The first-order valence-electron chi connectivity index (χ1n) is 14.6. The van der Waals surface area contributed by atoms with E-state index in [2.05, 4.69) is 96.7 Å². The number of aryl methyl sites for hydroxylation is 1. The number of piperidine rings is 1. The molecule has 7 heteroatoms. The van der Waals surface area contributed by atoms with Crippen molar-refractivity contribution in [2.24, 2.45) is 4.99 Å². The molecule has 5 rings (SSSR count). The van der Waals surface area contributed by atoms with Crippen molar-refractivity contribution in [2.45, 2.75) is 53.9 Å². The van der Waals surface area contributed by atoms with Crippen molar-refractivity contribution < 1.29 is 4.79 Å². The minimum atomic E-state index is 0.0181. The van der Waals surface area contributed by atoms with Gasteiger partial charge in [0.05, 0.1) is 10.6 Å². The molecule has 0 N–H and O–H groups in total. The van der Waals surface area contributed by atoms with E-state index in [1.54, 1.807) is 4.90 Å². The number of hydrogen-bond donors (Lipinski definition) is 0. The van der Waals surface area contributed by atoms with E-state index in [0.29, 0.717) is 11.4 Å². The number of amidine groups is 1. The summed E-state index contributed by atoms with van der Waals surface area (Å²) in [6, 6.07) is 19.4. The van der Waals surface area contributed by atoms with Crippen LogP contribution < -0.4 is 9.80 Å². The zero-order chi connectivity index (χ0) is 28.2. The third-order valence-corrected chi connectivity index (χ3v) is 9.00. The average molecular weight is 556 g/mol. The van der Waals surface area contributed by atoms with Crippen LogP contribution in [0.25, 0.3) is 11.8 Å². The zero-order valence-corrected chi connectivity index (χ0v) is 25.3. The fourth-order valence-corrected chi connectivity index (χ4v) is 6.80. The Kier molecular flexibility index (Phi) is 8.69. The molecule has 0 unspecified atom stereocenters. The first-order valence-corrected chi connectivity index (χ1v) is 15.4. The lowest BCUT2D eigenvalue weighted by atomic mass is 10.1. The van der Waals surface area contributed by atoms with Gasteiger partial charge in [-0.25, -0.2) is 4.99 Å². The summed E-state index contributed by atoms with van der Waals surface area (Å²) < 4.78 is 2.26. The largest absolute Gasteiger partial charge is 0.372 e. The summed E-state index contributed by atoms with van der Waals surface area (Å²) in [6.45, 7) is 15.4. The van der Waals surface area contributed by atoms with Crippen molar-refractivity contribution >= 4 is 46.0 Å². The summed E-state index contributed by atoms with van der Waals surface area (Å²) in [5.74, 6) is 0.0181. The van der Waals surface area contributed by atoms with Gasteiger partial charge in [-0.1, -0.05) is 0 Å². The summed E-state index contributed by atoms with van der Waals surface area (Å²) >= 11 is 1.47. The van der Waals surface area contributed by atoms with Gasteiger partial charge in [0.1, 0.15) is 0 Å². The number of rotatable bonds is 8. The molecule has 0 radical (unpaired) electrons. The normalized spacial score (nSPS) is 17.9. The predicted octanol–water partition coefficient (Wildman–Crippen LogP) is 7.55. The van der Waals surface area contributed by atoms with Crippen LogP contribution in [-0.2, 0) is 4.79 Å². The molecule has 0 saturated carbocycles. The molecule has 40 heavy (non-hydrogen) atoms. The average Bonchev–Trinajstić information content (AvgIpc) is 3.43. The third kappa shape index (κ3) is 5.71. The van der Waals surface area contributed by atoms with Gasteiger partial charge in [0.15, 0.2) is 5.17 Å². The molecule has 2 aliphatic rings. The van der Waals surface area contributed by atoms with Gasteiger partial charge >= 0.3 is 0 Å². The van der Waals surface area contributed by atoms with Crippen molar-refractivity contribution in [1.29, 1.82) is 0 Å². The van der Waals surface area contributed by atoms with Crippen LogP contribution in [0.15, 0.2) is 64.5 Å². The van der Waals surface area contributed by atoms with E-state index < -0.39 is 0 Å². The summed E-state index contributed by atoms with van der Waals surface area (Å²) in [6.07, 6.45) is 5.87. The smallest absolute Gasteiger partial charge is 0.266 e. The van der Waals surface area contributed by atoms with E-state index in [1.165, 1.54) is 42.4 Å². The molecule has 6 nitrogen and oxygen atoms in total. The molecular formula is C33H41N5OS. The number of likely N-dealkylation sites (N-methyl/N-ethyl adjacent to an activating group) is 1. The highest BCUT2D eigenvalue weighted by molar-refractivity contribution is 8.18. The number of thioether (sulfide) groups is 1. The van der Waals surface area contributed by atoms with Crippen LogP contribution in [0.5, 0.6) is 0 Å². The summed E-state index contributed by atoms with van der Waals surface area (Å²) in [5.41, 5.74) is 7.82. The molecule has 0 spiro atoms. The second-order valence-corrected chi connectivity index (χ2v) is 11.5.